The monoisotopic (exact) mass is 250 g/mol. The van der Waals surface area contributed by atoms with Crippen LogP contribution in [0.15, 0.2) is 0 Å². The van der Waals surface area contributed by atoms with Crippen molar-refractivity contribution in [3.63, 3.8) is 0 Å². The summed E-state index contributed by atoms with van der Waals surface area (Å²) in [6, 6.07) is 0. The predicted octanol–water partition coefficient (Wildman–Crippen LogP) is 1.54. The number of carbonyl (C=O) groups excluding carboxylic acids is 2. The van der Waals surface area contributed by atoms with Gasteiger partial charge >= 0.3 is 11.9 Å². The summed E-state index contributed by atoms with van der Waals surface area (Å²) in [5, 5.41) is 0. The molecule has 0 radical (unpaired) electrons. The first kappa shape index (κ1) is 16.1. The van der Waals surface area contributed by atoms with E-state index in [9.17, 15) is 9.59 Å². The molecule has 0 aromatic heterocycles. The quantitative estimate of drug-likeness (QED) is 0.407. The van der Waals surface area contributed by atoms with Crippen LogP contribution < -0.4 is 0 Å². The van der Waals surface area contributed by atoms with Gasteiger partial charge in [0.2, 0.25) is 0 Å². The zero-order valence-electron chi connectivity index (χ0n) is 11.0. The maximum atomic E-state index is 12.0. The van der Waals surface area contributed by atoms with Crippen molar-refractivity contribution in [3.05, 3.63) is 0 Å². The van der Waals surface area contributed by atoms with Crippen LogP contribution in [0.2, 0.25) is 0 Å². The van der Waals surface area contributed by atoms with Crippen molar-refractivity contribution in [2.75, 3.05) is 13.2 Å². The van der Waals surface area contributed by atoms with Crippen LogP contribution in [-0.4, -0.2) is 25.2 Å². The summed E-state index contributed by atoms with van der Waals surface area (Å²) >= 11 is 0. The van der Waals surface area contributed by atoms with Crippen LogP contribution in [0.5, 0.6) is 0 Å². The van der Waals surface area contributed by atoms with Crippen molar-refractivity contribution in [1.29, 1.82) is 0 Å². The Morgan fingerprint density at radius 2 is 1.61 bits per heavy atom. The molecule has 0 aliphatic carbocycles. The van der Waals surface area contributed by atoms with Crippen LogP contribution in [0, 0.1) is 29.6 Å². The molecule has 18 heavy (non-hydrogen) atoms. The molecule has 4 heteroatoms. The molecule has 0 aliphatic rings. The van der Waals surface area contributed by atoms with E-state index in [1.807, 2.05) is 0 Å². The minimum absolute atomic E-state index is 0.00532. The fourth-order valence-corrected chi connectivity index (χ4v) is 1.39. The lowest BCUT2D eigenvalue weighted by atomic mass is 9.81. The number of terminal acetylenes is 1. The lowest BCUT2D eigenvalue weighted by Crippen LogP contribution is -2.41. The highest BCUT2D eigenvalue weighted by Crippen LogP contribution is 2.30. The molecule has 98 valence electrons. The molecule has 0 fully saturated rings. The van der Waals surface area contributed by atoms with Crippen molar-refractivity contribution in [1.82, 2.24) is 0 Å². The molecule has 0 atom stereocenters. The van der Waals surface area contributed by atoms with Crippen molar-refractivity contribution in [2.24, 2.45) is 5.41 Å². The van der Waals surface area contributed by atoms with E-state index in [1.165, 1.54) is 0 Å². The normalized spacial score (nSPS) is 9.67. The van der Waals surface area contributed by atoms with E-state index in [2.05, 4.69) is 17.8 Å². The average Bonchev–Trinajstić information content (AvgIpc) is 2.35. The van der Waals surface area contributed by atoms with E-state index in [0.29, 0.717) is 0 Å². The highest BCUT2D eigenvalue weighted by Gasteiger charge is 2.47. The molecule has 0 rings (SSSR count). The summed E-state index contributed by atoms with van der Waals surface area (Å²) in [4.78, 5) is 24.0. The van der Waals surface area contributed by atoms with E-state index in [0.717, 1.165) is 0 Å². The molecule has 0 amide bonds. The van der Waals surface area contributed by atoms with Gasteiger partial charge in [-0.2, -0.15) is 0 Å². The molecule has 0 aromatic rings. The van der Waals surface area contributed by atoms with Crippen molar-refractivity contribution < 1.29 is 19.1 Å². The maximum Gasteiger partial charge on any atom is 0.325 e. The summed E-state index contributed by atoms with van der Waals surface area (Å²) in [5.74, 6) is 6.32. The molecular formula is C14H18O4. The first-order valence-electron chi connectivity index (χ1n) is 5.76. The largest absolute Gasteiger partial charge is 0.465 e. The number of esters is 2. The molecule has 0 aliphatic heterocycles. The molecule has 0 bridgehead atoms. The van der Waals surface area contributed by atoms with Crippen LogP contribution in [0.3, 0.4) is 0 Å². The van der Waals surface area contributed by atoms with Gasteiger partial charge in [-0.15, -0.1) is 24.2 Å². The Balaban J connectivity index is 5.38. The summed E-state index contributed by atoms with van der Waals surface area (Å²) in [5.41, 5.74) is -1.51. The Morgan fingerprint density at radius 3 is 1.94 bits per heavy atom. The predicted molar refractivity (Wildman–Crippen MR) is 67.2 cm³/mol. The molecule has 0 saturated heterocycles. The van der Waals surface area contributed by atoms with Crippen molar-refractivity contribution in [3.8, 4) is 24.2 Å². The van der Waals surface area contributed by atoms with E-state index in [1.54, 1.807) is 20.8 Å². The van der Waals surface area contributed by atoms with Crippen LogP contribution in [0.25, 0.3) is 0 Å². The highest BCUT2D eigenvalue weighted by molar-refractivity contribution is 6.00. The smallest absolute Gasteiger partial charge is 0.325 e. The summed E-state index contributed by atoms with van der Waals surface area (Å²) in [6.45, 7) is 5.29. The highest BCUT2D eigenvalue weighted by atomic mass is 16.6. The lowest BCUT2D eigenvalue weighted by molar-refractivity contribution is -0.171. The van der Waals surface area contributed by atoms with Crippen molar-refractivity contribution in [2.45, 2.75) is 33.6 Å². The Morgan fingerprint density at radius 1 is 1.11 bits per heavy atom. The minimum atomic E-state index is -1.51. The number of ether oxygens (including phenoxy) is 2. The third-order valence-electron chi connectivity index (χ3n) is 2.30. The first-order valence-corrected chi connectivity index (χ1v) is 5.76. The Bertz CT molecular complexity index is 374. The molecular weight excluding hydrogens is 232 g/mol. The van der Waals surface area contributed by atoms with Crippen LogP contribution in [0.4, 0.5) is 0 Å². The standard InChI is InChI=1S/C14H18O4/c1-5-9-11-14(10-6-2,12(15)17-7-3)13(16)18-8-4/h2H,7-8,10-11H2,1,3-4H3. The topological polar surface area (TPSA) is 52.6 Å². The van der Waals surface area contributed by atoms with E-state index >= 15 is 0 Å². The molecule has 0 heterocycles. The van der Waals surface area contributed by atoms with Gasteiger partial charge in [-0.3, -0.25) is 9.59 Å². The van der Waals surface area contributed by atoms with E-state index in [4.69, 9.17) is 15.9 Å². The Kier molecular flexibility index (Phi) is 7.31. The van der Waals surface area contributed by atoms with Gasteiger partial charge in [-0.1, -0.05) is 0 Å². The zero-order chi connectivity index (χ0) is 14.0. The minimum Gasteiger partial charge on any atom is -0.465 e. The third-order valence-corrected chi connectivity index (χ3v) is 2.30. The van der Waals surface area contributed by atoms with E-state index in [-0.39, 0.29) is 26.1 Å². The molecule has 0 unspecified atom stereocenters. The third kappa shape index (κ3) is 3.82. The van der Waals surface area contributed by atoms with Gasteiger partial charge in [0.25, 0.3) is 0 Å². The maximum absolute atomic E-state index is 12.0. The lowest BCUT2D eigenvalue weighted by Gasteiger charge is -2.25. The second kappa shape index (κ2) is 8.20. The fraction of sp³-hybridized carbons (Fsp3) is 0.571. The summed E-state index contributed by atoms with van der Waals surface area (Å²) < 4.78 is 9.84. The summed E-state index contributed by atoms with van der Waals surface area (Å²) in [7, 11) is 0. The number of rotatable bonds is 6. The Hall–Kier alpha value is -1.94. The summed E-state index contributed by atoms with van der Waals surface area (Å²) in [6.07, 6.45) is 5.16. The second-order valence-electron chi connectivity index (χ2n) is 3.51. The van der Waals surface area contributed by atoms with Crippen LogP contribution in [-0.2, 0) is 19.1 Å². The number of hydrogen-bond acceptors (Lipinski definition) is 4. The van der Waals surface area contributed by atoms with Gasteiger partial charge < -0.3 is 9.47 Å². The van der Waals surface area contributed by atoms with Gasteiger partial charge in [0.1, 0.15) is 0 Å². The average molecular weight is 250 g/mol. The Labute approximate surface area is 108 Å². The van der Waals surface area contributed by atoms with Gasteiger partial charge in [0.15, 0.2) is 5.41 Å². The van der Waals surface area contributed by atoms with Crippen LogP contribution in [0.1, 0.15) is 33.6 Å². The zero-order valence-corrected chi connectivity index (χ0v) is 11.0. The molecule has 0 spiro atoms. The first-order chi connectivity index (χ1) is 8.58. The number of hydrogen-bond donors (Lipinski definition) is 0. The van der Waals surface area contributed by atoms with Gasteiger partial charge in [0, 0.05) is 12.8 Å². The SMILES string of the molecule is C#CCC(CC#CC)(C(=O)OCC)C(=O)OCC. The molecule has 0 aromatic carbocycles. The fourth-order valence-electron chi connectivity index (χ4n) is 1.39. The molecule has 0 saturated carbocycles. The second-order valence-corrected chi connectivity index (χ2v) is 3.51. The molecule has 4 nitrogen and oxygen atoms in total. The van der Waals surface area contributed by atoms with Gasteiger partial charge in [-0.25, -0.2) is 0 Å². The van der Waals surface area contributed by atoms with Crippen molar-refractivity contribution >= 4 is 11.9 Å². The van der Waals surface area contributed by atoms with Gasteiger partial charge in [0.05, 0.1) is 13.2 Å². The van der Waals surface area contributed by atoms with Crippen LogP contribution >= 0.6 is 0 Å². The van der Waals surface area contributed by atoms with Gasteiger partial charge in [-0.05, 0) is 20.8 Å². The number of carbonyl (C=O) groups is 2. The molecule has 0 N–H and O–H groups in total. The van der Waals surface area contributed by atoms with E-state index < -0.39 is 17.4 Å².